The third-order valence-electron chi connectivity index (χ3n) is 4.20. The molecule has 1 aromatic carbocycles. The molecule has 0 amide bonds. The van der Waals surface area contributed by atoms with Crippen LogP contribution in [-0.4, -0.2) is 18.7 Å². The predicted octanol–water partition coefficient (Wildman–Crippen LogP) is 4.15. The van der Waals surface area contributed by atoms with E-state index in [9.17, 15) is 8.78 Å². The van der Waals surface area contributed by atoms with Crippen molar-refractivity contribution in [3.8, 4) is 5.75 Å². The molecule has 0 bridgehead atoms. The summed E-state index contributed by atoms with van der Waals surface area (Å²) in [6, 6.07) is 3.71. The summed E-state index contributed by atoms with van der Waals surface area (Å²) in [6.07, 6.45) is 3.07. The lowest BCUT2D eigenvalue weighted by molar-refractivity contribution is 0.0447. The molecule has 4 unspecified atom stereocenters. The first-order chi connectivity index (χ1) is 10.0. The highest BCUT2D eigenvalue weighted by Gasteiger charge is 2.35. The maximum Gasteiger partial charge on any atom is 0.167 e. The molecular formula is C17H25F2NO. The van der Waals surface area contributed by atoms with Gasteiger partial charge in [-0.05, 0) is 49.8 Å². The lowest BCUT2D eigenvalue weighted by atomic mass is 9.78. The van der Waals surface area contributed by atoms with Crippen molar-refractivity contribution in [3.63, 3.8) is 0 Å². The minimum absolute atomic E-state index is 0.0762. The average molecular weight is 297 g/mol. The number of hydrogen-bond acceptors (Lipinski definition) is 2. The zero-order valence-electron chi connectivity index (χ0n) is 13.0. The summed E-state index contributed by atoms with van der Waals surface area (Å²) in [4.78, 5) is 0. The quantitative estimate of drug-likeness (QED) is 0.881. The normalized spacial score (nSPS) is 29.4. The Morgan fingerprint density at radius 2 is 2.00 bits per heavy atom. The molecule has 0 aliphatic heterocycles. The van der Waals surface area contributed by atoms with Crippen LogP contribution in [0.15, 0.2) is 18.2 Å². The van der Waals surface area contributed by atoms with E-state index in [0.717, 1.165) is 31.9 Å². The van der Waals surface area contributed by atoms with E-state index >= 15 is 0 Å². The maximum atomic E-state index is 13.8. The van der Waals surface area contributed by atoms with Gasteiger partial charge in [0.1, 0.15) is 11.9 Å². The van der Waals surface area contributed by atoms with Crippen LogP contribution >= 0.6 is 0 Å². The van der Waals surface area contributed by atoms with Gasteiger partial charge in [-0.1, -0.05) is 20.8 Å². The van der Waals surface area contributed by atoms with Crippen LogP contribution < -0.4 is 10.1 Å². The lowest BCUT2D eigenvalue weighted by Gasteiger charge is -2.40. The Morgan fingerprint density at radius 3 is 2.67 bits per heavy atom. The fourth-order valence-corrected chi connectivity index (χ4v) is 3.27. The zero-order valence-corrected chi connectivity index (χ0v) is 13.0. The molecule has 0 radical (unpaired) electrons. The molecule has 0 heterocycles. The maximum absolute atomic E-state index is 13.8. The van der Waals surface area contributed by atoms with Crippen molar-refractivity contribution in [2.24, 2.45) is 11.8 Å². The molecule has 4 heteroatoms. The molecule has 1 aliphatic rings. The molecular weight excluding hydrogens is 272 g/mol. The van der Waals surface area contributed by atoms with E-state index in [1.807, 2.05) is 0 Å². The summed E-state index contributed by atoms with van der Waals surface area (Å²) in [5.41, 5.74) is 0. The van der Waals surface area contributed by atoms with Crippen LogP contribution in [0.25, 0.3) is 0 Å². The van der Waals surface area contributed by atoms with Crippen molar-refractivity contribution in [2.45, 2.75) is 52.2 Å². The highest BCUT2D eigenvalue weighted by atomic mass is 19.1. The summed E-state index contributed by atoms with van der Waals surface area (Å²) < 4.78 is 32.7. The molecule has 1 N–H and O–H groups in total. The molecule has 2 nitrogen and oxygen atoms in total. The van der Waals surface area contributed by atoms with Gasteiger partial charge < -0.3 is 10.1 Å². The van der Waals surface area contributed by atoms with Crippen LogP contribution in [0.3, 0.4) is 0 Å². The molecule has 118 valence electrons. The van der Waals surface area contributed by atoms with E-state index in [2.05, 4.69) is 26.1 Å². The smallest absolute Gasteiger partial charge is 0.167 e. The van der Waals surface area contributed by atoms with Crippen LogP contribution in [0.2, 0.25) is 0 Å². The standard InChI is InChI=1S/C17H25F2NO/c1-4-7-20-15-9-11(2)8-12(3)17(15)21-16-6-5-13(18)10-14(16)19/h5-6,10-12,15,17,20H,4,7-9H2,1-3H3. The van der Waals surface area contributed by atoms with Gasteiger partial charge in [-0.15, -0.1) is 0 Å². The molecule has 0 spiro atoms. The van der Waals surface area contributed by atoms with Gasteiger partial charge in [0.2, 0.25) is 0 Å². The molecule has 1 saturated carbocycles. The molecule has 0 aromatic heterocycles. The van der Waals surface area contributed by atoms with E-state index in [4.69, 9.17) is 4.74 Å². The van der Waals surface area contributed by atoms with Gasteiger partial charge in [0.05, 0.1) is 0 Å². The van der Waals surface area contributed by atoms with E-state index in [1.54, 1.807) is 0 Å². The SMILES string of the molecule is CCCNC1CC(C)CC(C)C1Oc1ccc(F)cc1F. The van der Waals surface area contributed by atoms with Crippen LogP contribution in [0.5, 0.6) is 5.75 Å². The third-order valence-corrected chi connectivity index (χ3v) is 4.20. The fourth-order valence-electron chi connectivity index (χ4n) is 3.27. The van der Waals surface area contributed by atoms with Gasteiger partial charge in [0.15, 0.2) is 11.6 Å². The second kappa shape index (κ2) is 7.21. The molecule has 1 aliphatic carbocycles. The Balaban J connectivity index is 2.13. The van der Waals surface area contributed by atoms with E-state index in [0.29, 0.717) is 11.8 Å². The van der Waals surface area contributed by atoms with Crippen molar-refractivity contribution in [3.05, 3.63) is 29.8 Å². The number of benzene rings is 1. The van der Waals surface area contributed by atoms with Crippen molar-refractivity contribution in [2.75, 3.05) is 6.54 Å². The molecule has 1 fully saturated rings. The monoisotopic (exact) mass is 297 g/mol. The summed E-state index contributed by atoms with van der Waals surface area (Å²) in [5, 5.41) is 3.51. The first-order valence-electron chi connectivity index (χ1n) is 7.86. The molecule has 0 saturated heterocycles. The first-order valence-corrected chi connectivity index (χ1v) is 7.86. The Labute approximate surface area is 125 Å². The van der Waals surface area contributed by atoms with Gasteiger partial charge in [-0.2, -0.15) is 0 Å². The summed E-state index contributed by atoms with van der Waals surface area (Å²) in [6.45, 7) is 7.43. The van der Waals surface area contributed by atoms with Gasteiger partial charge in [0, 0.05) is 12.1 Å². The van der Waals surface area contributed by atoms with Crippen LogP contribution in [0.4, 0.5) is 8.78 Å². The fraction of sp³-hybridized carbons (Fsp3) is 0.647. The largest absolute Gasteiger partial charge is 0.485 e. The van der Waals surface area contributed by atoms with Crippen molar-refractivity contribution < 1.29 is 13.5 Å². The van der Waals surface area contributed by atoms with Gasteiger partial charge >= 0.3 is 0 Å². The summed E-state index contributed by atoms with van der Waals surface area (Å²) in [7, 11) is 0. The van der Waals surface area contributed by atoms with Crippen LogP contribution in [-0.2, 0) is 0 Å². The lowest BCUT2D eigenvalue weighted by Crippen LogP contribution is -2.51. The summed E-state index contributed by atoms with van der Waals surface area (Å²) >= 11 is 0. The molecule has 21 heavy (non-hydrogen) atoms. The minimum Gasteiger partial charge on any atom is -0.485 e. The van der Waals surface area contributed by atoms with E-state index < -0.39 is 11.6 Å². The number of hydrogen-bond donors (Lipinski definition) is 1. The minimum atomic E-state index is -0.630. The van der Waals surface area contributed by atoms with Crippen LogP contribution in [0, 0.1) is 23.5 Å². The highest BCUT2D eigenvalue weighted by Crippen LogP contribution is 2.33. The predicted molar refractivity (Wildman–Crippen MR) is 80.4 cm³/mol. The average Bonchev–Trinajstić information content (AvgIpc) is 2.42. The molecule has 4 atom stereocenters. The van der Waals surface area contributed by atoms with Crippen molar-refractivity contribution >= 4 is 0 Å². The Morgan fingerprint density at radius 1 is 1.24 bits per heavy atom. The number of halogens is 2. The van der Waals surface area contributed by atoms with Crippen LogP contribution in [0.1, 0.15) is 40.0 Å². The third kappa shape index (κ3) is 4.16. The Hall–Kier alpha value is -1.16. The van der Waals surface area contributed by atoms with E-state index in [1.165, 1.54) is 12.1 Å². The van der Waals surface area contributed by atoms with Crippen molar-refractivity contribution in [1.82, 2.24) is 5.32 Å². The Bertz CT molecular complexity index is 466. The highest BCUT2D eigenvalue weighted by molar-refractivity contribution is 5.25. The van der Waals surface area contributed by atoms with Crippen molar-refractivity contribution in [1.29, 1.82) is 0 Å². The van der Waals surface area contributed by atoms with Gasteiger partial charge in [0.25, 0.3) is 0 Å². The topological polar surface area (TPSA) is 21.3 Å². The van der Waals surface area contributed by atoms with E-state index in [-0.39, 0.29) is 17.9 Å². The second-order valence-corrected chi connectivity index (χ2v) is 6.27. The number of rotatable bonds is 5. The molecule has 1 aromatic rings. The zero-order chi connectivity index (χ0) is 15.4. The number of ether oxygens (including phenoxy) is 1. The second-order valence-electron chi connectivity index (χ2n) is 6.27. The van der Waals surface area contributed by atoms with Gasteiger partial charge in [-0.25, -0.2) is 8.78 Å². The van der Waals surface area contributed by atoms with Gasteiger partial charge in [-0.3, -0.25) is 0 Å². The first kappa shape index (κ1) is 16.2. The molecule has 2 rings (SSSR count). The Kier molecular flexibility index (Phi) is 5.57. The summed E-state index contributed by atoms with van der Waals surface area (Å²) in [5.74, 6) is -0.0909. The number of nitrogens with one attached hydrogen (secondary N) is 1.